The molecule has 0 aliphatic heterocycles. The lowest BCUT2D eigenvalue weighted by atomic mass is 10.2. The summed E-state index contributed by atoms with van der Waals surface area (Å²) in [5.74, 6) is -0.0256. The lowest BCUT2D eigenvalue weighted by molar-refractivity contribution is -0.130. The van der Waals surface area contributed by atoms with Crippen molar-refractivity contribution in [1.82, 2.24) is 10.2 Å². The average molecular weight is 228 g/mol. The monoisotopic (exact) mass is 228 g/mol. The first-order valence-electron chi connectivity index (χ1n) is 6.16. The Morgan fingerprint density at radius 2 is 2.12 bits per heavy atom. The molecule has 1 amide bonds. The number of carbonyl (C=O) groups excluding carboxylic acids is 1. The molecule has 0 heterocycles. The largest absolute Gasteiger partial charge is 0.372 e. The maximum Gasteiger partial charge on any atom is 0.248 e. The molecule has 4 heteroatoms. The van der Waals surface area contributed by atoms with Crippen LogP contribution in [0.4, 0.5) is 0 Å². The van der Waals surface area contributed by atoms with E-state index < -0.39 is 0 Å². The SMILES string of the molecule is COC(C)C(=O)NCCN(C)C1CCCC1. The Balaban J connectivity index is 2.12. The predicted molar refractivity (Wildman–Crippen MR) is 64.4 cm³/mol. The minimum absolute atomic E-state index is 0.0256. The van der Waals surface area contributed by atoms with Crippen molar-refractivity contribution in [3.63, 3.8) is 0 Å². The van der Waals surface area contributed by atoms with Crippen molar-refractivity contribution >= 4 is 5.91 Å². The van der Waals surface area contributed by atoms with Crippen LogP contribution in [-0.2, 0) is 9.53 Å². The van der Waals surface area contributed by atoms with E-state index in [-0.39, 0.29) is 12.0 Å². The zero-order chi connectivity index (χ0) is 12.0. The molecule has 0 spiro atoms. The molecule has 0 aromatic heterocycles. The van der Waals surface area contributed by atoms with Crippen LogP contribution in [0.3, 0.4) is 0 Å². The number of methoxy groups -OCH3 is 1. The molecule has 0 aromatic carbocycles. The molecule has 0 radical (unpaired) electrons. The third-order valence-electron chi connectivity index (χ3n) is 3.43. The molecule has 0 aromatic rings. The Hall–Kier alpha value is -0.610. The first-order chi connectivity index (χ1) is 7.65. The highest BCUT2D eigenvalue weighted by Crippen LogP contribution is 2.21. The Labute approximate surface area is 98.3 Å². The predicted octanol–water partition coefficient (Wildman–Crippen LogP) is 1.01. The van der Waals surface area contributed by atoms with Gasteiger partial charge < -0.3 is 15.0 Å². The van der Waals surface area contributed by atoms with Crippen LogP contribution >= 0.6 is 0 Å². The molecular formula is C12H24N2O2. The lowest BCUT2D eigenvalue weighted by Gasteiger charge is -2.24. The van der Waals surface area contributed by atoms with E-state index >= 15 is 0 Å². The summed E-state index contributed by atoms with van der Waals surface area (Å²) in [6, 6.07) is 0.719. The molecule has 16 heavy (non-hydrogen) atoms. The van der Waals surface area contributed by atoms with Gasteiger partial charge in [0.1, 0.15) is 6.10 Å². The Kier molecular flexibility index (Phi) is 5.77. The Bertz CT molecular complexity index is 215. The topological polar surface area (TPSA) is 41.6 Å². The van der Waals surface area contributed by atoms with Gasteiger partial charge in [-0.1, -0.05) is 12.8 Å². The number of amides is 1. The summed E-state index contributed by atoms with van der Waals surface area (Å²) < 4.78 is 4.94. The molecule has 0 bridgehead atoms. The van der Waals surface area contributed by atoms with Gasteiger partial charge >= 0.3 is 0 Å². The van der Waals surface area contributed by atoms with E-state index in [1.165, 1.54) is 25.7 Å². The van der Waals surface area contributed by atoms with Crippen LogP contribution in [0.2, 0.25) is 0 Å². The number of nitrogens with zero attached hydrogens (tertiary/aromatic N) is 1. The van der Waals surface area contributed by atoms with Crippen molar-refractivity contribution in [1.29, 1.82) is 0 Å². The number of nitrogens with one attached hydrogen (secondary N) is 1. The van der Waals surface area contributed by atoms with Crippen molar-refractivity contribution in [2.24, 2.45) is 0 Å². The van der Waals surface area contributed by atoms with Gasteiger partial charge in [0, 0.05) is 26.2 Å². The summed E-state index contributed by atoms with van der Waals surface area (Å²) in [6.07, 6.45) is 4.96. The first-order valence-corrected chi connectivity index (χ1v) is 6.16. The number of carbonyl (C=O) groups is 1. The zero-order valence-electron chi connectivity index (χ0n) is 10.7. The van der Waals surface area contributed by atoms with Crippen molar-refractivity contribution in [3.05, 3.63) is 0 Å². The van der Waals surface area contributed by atoms with Gasteiger partial charge in [-0.3, -0.25) is 4.79 Å². The molecule has 1 aliphatic carbocycles. The van der Waals surface area contributed by atoms with Gasteiger partial charge in [0.2, 0.25) is 5.91 Å². The second kappa shape index (κ2) is 6.86. The number of hydrogen-bond donors (Lipinski definition) is 1. The summed E-state index contributed by atoms with van der Waals surface area (Å²) in [4.78, 5) is 13.8. The lowest BCUT2D eigenvalue weighted by Crippen LogP contribution is -2.40. The molecular weight excluding hydrogens is 204 g/mol. The maximum atomic E-state index is 11.4. The summed E-state index contributed by atoms with van der Waals surface area (Å²) in [5.41, 5.74) is 0. The van der Waals surface area contributed by atoms with Crippen LogP contribution in [0, 0.1) is 0 Å². The van der Waals surface area contributed by atoms with Crippen molar-refractivity contribution < 1.29 is 9.53 Å². The summed E-state index contributed by atoms with van der Waals surface area (Å²) in [7, 11) is 3.69. The molecule has 1 N–H and O–H groups in total. The van der Waals surface area contributed by atoms with Gasteiger partial charge in [-0.15, -0.1) is 0 Å². The molecule has 1 aliphatic rings. The number of rotatable bonds is 6. The van der Waals surface area contributed by atoms with E-state index in [1.54, 1.807) is 14.0 Å². The molecule has 1 saturated carbocycles. The summed E-state index contributed by atoms with van der Waals surface area (Å²) in [6.45, 7) is 3.39. The Morgan fingerprint density at radius 3 is 2.69 bits per heavy atom. The minimum Gasteiger partial charge on any atom is -0.372 e. The highest BCUT2D eigenvalue weighted by atomic mass is 16.5. The Morgan fingerprint density at radius 1 is 1.50 bits per heavy atom. The number of ether oxygens (including phenoxy) is 1. The number of hydrogen-bond acceptors (Lipinski definition) is 3. The molecule has 1 fully saturated rings. The minimum atomic E-state index is -0.350. The van der Waals surface area contributed by atoms with E-state index in [0.29, 0.717) is 6.54 Å². The molecule has 4 nitrogen and oxygen atoms in total. The van der Waals surface area contributed by atoms with Crippen LogP contribution in [0.15, 0.2) is 0 Å². The highest BCUT2D eigenvalue weighted by Gasteiger charge is 2.19. The molecule has 1 unspecified atom stereocenters. The van der Waals surface area contributed by atoms with E-state index in [4.69, 9.17) is 4.74 Å². The van der Waals surface area contributed by atoms with Crippen molar-refractivity contribution in [3.8, 4) is 0 Å². The van der Waals surface area contributed by atoms with Crippen LogP contribution in [0.5, 0.6) is 0 Å². The van der Waals surface area contributed by atoms with Crippen molar-refractivity contribution in [2.75, 3.05) is 27.2 Å². The van der Waals surface area contributed by atoms with Crippen LogP contribution < -0.4 is 5.32 Å². The fourth-order valence-corrected chi connectivity index (χ4v) is 2.13. The normalized spacial score (nSPS) is 19.0. The smallest absolute Gasteiger partial charge is 0.248 e. The fourth-order valence-electron chi connectivity index (χ4n) is 2.13. The average Bonchev–Trinajstić information content (AvgIpc) is 2.81. The third kappa shape index (κ3) is 4.10. The van der Waals surface area contributed by atoms with Crippen LogP contribution in [0.25, 0.3) is 0 Å². The molecule has 94 valence electrons. The van der Waals surface area contributed by atoms with Crippen LogP contribution in [0.1, 0.15) is 32.6 Å². The standard InChI is InChI=1S/C12H24N2O2/c1-10(16-3)12(15)13-8-9-14(2)11-6-4-5-7-11/h10-11H,4-9H2,1-3H3,(H,13,15). The second-order valence-corrected chi connectivity index (χ2v) is 4.59. The van der Waals surface area contributed by atoms with Gasteiger partial charge in [-0.2, -0.15) is 0 Å². The fraction of sp³-hybridized carbons (Fsp3) is 0.917. The van der Waals surface area contributed by atoms with Gasteiger partial charge in [-0.05, 0) is 26.8 Å². The van der Waals surface area contributed by atoms with E-state index in [9.17, 15) is 4.79 Å². The third-order valence-corrected chi connectivity index (χ3v) is 3.43. The van der Waals surface area contributed by atoms with Gasteiger partial charge in [0.15, 0.2) is 0 Å². The van der Waals surface area contributed by atoms with Gasteiger partial charge in [0.05, 0.1) is 0 Å². The molecule has 0 saturated heterocycles. The second-order valence-electron chi connectivity index (χ2n) is 4.59. The summed E-state index contributed by atoms with van der Waals surface area (Å²) >= 11 is 0. The number of likely N-dealkylation sites (N-methyl/N-ethyl adjacent to an activating group) is 1. The van der Waals surface area contributed by atoms with E-state index in [2.05, 4.69) is 17.3 Å². The summed E-state index contributed by atoms with van der Waals surface area (Å²) in [5, 5.41) is 2.88. The van der Waals surface area contributed by atoms with Gasteiger partial charge in [0.25, 0.3) is 0 Å². The zero-order valence-corrected chi connectivity index (χ0v) is 10.7. The van der Waals surface area contributed by atoms with Crippen LogP contribution in [-0.4, -0.2) is 50.2 Å². The first kappa shape index (κ1) is 13.5. The maximum absolute atomic E-state index is 11.4. The van der Waals surface area contributed by atoms with E-state index in [1.807, 2.05) is 0 Å². The van der Waals surface area contributed by atoms with Gasteiger partial charge in [-0.25, -0.2) is 0 Å². The van der Waals surface area contributed by atoms with Crippen molar-refractivity contribution in [2.45, 2.75) is 44.8 Å². The highest BCUT2D eigenvalue weighted by molar-refractivity contribution is 5.80. The van der Waals surface area contributed by atoms with E-state index in [0.717, 1.165) is 12.6 Å². The molecule has 1 rings (SSSR count). The quantitative estimate of drug-likeness (QED) is 0.738. The molecule has 1 atom stereocenters.